The van der Waals surface area contributed by atoms with Gasteiger partial charge in [-0.3, -0.25) is 9.59 Å². The highest BCUT2D eigenvalue weighted by molar-refractivity contribution is 5.82. The minimum Gasteiger partial charge on any atom is -0.377 e. The van der Waals surface area contributed by atoms with Gasteiger partial charge in [0.25, 0.3) is 5.91 Å². The second-order valence-corrected chi connectivity index (χ2v) is 10.3. The van der Waals surface area contributed by atoms with Crippen LogP contribution in [0.15, 0.2) is 0 Å². The Morgan fingerprint density at radius 2 is 1.81 bits per heavy atom. The van der Waals surface area contributed by atoms with E-state index in [1.54, 1.807) is 6.92 Å². The zero-order valence-electron chi connectivity index (χ0n) is 19.7. The molecule has 7 heteroatoms. The zero-order valence-corrected chi connectivity index (χ0v) is 19.7. The van der Waals surface area contributed by atoms with Crippen molar-refractivity contribution < 1.29 is 19.1 Å². The molecular formula is C25H39N3O4. The summed E-state index contributed by atoms with van der Waals surface area (Å²) >= 11 is 0. The van der Waals surface area contributed by atoms with E-state index in [0.717, 1.165) is 57.8 Å². The lowest BCUT2D eigenvalue weighted by Gasteiger charge is -2.55. The SMILES string of the molecule is CC(=O)N1C2CCC(C3CCC(OCCC#N)CC3)CC2N(C(=O)C2CCCO2)C[C@@H]1C. The molecule has 4 aliphatic rings. The molecule has 0 N–H and O–H groups in total. The lowest BCUT2D eigenvalue weighted by molar-refractivity contribution is -0.160. The lowest BCUT2D eigenvalue weighted by Crippen LogP contribution is -2.68. The number of carbonyl (C=O) groups excluding carboxylic acids is 2. The van der Waals surface area contributed by atoms with Crippen molar-refractivity contribution in [2.75, 3.05) is 19.8 Å². The molecule has 0 aromatic rings. The average molecular weight is 446 g/mol. The number of rotatable bonds is 5. The van der Waals surface area contributed by atoms with Crippen LogP contribution >= 0.6 is 0 Å². The maximum absolute atomic E-state index is 13.4. The summed E-state index contributed by atoms with van der Waals surface area (Å²) in [5.74, 6) is 1.53. The molecule has 2 aliphatic heterocycles. The maximum atomic E-state index is 13.4. The highest BCUT2D eigenvalue weighted by Gasteiger charge is 2.48. The lowest BCUT2D eigenvalue weighted by atomic mass is 9.69. The molecule has 2 saturated carbocycles. The van der Waals surface area contributed by atoms with Crippen molar-refractivity contribution in [1.82, 2.24) is 9.80 Å². The fraction of sp³-hybridized carbons (Fsp3) is 0.880. The van der Waals surface area contributed by atoms with Gasteiger partial charge >= 0.3 is 0 Å². The molecule has 0 bridgehead atoms. The molecule has 4 rings (SSSR count). The van der Waals surface area contributed by atoms with E-state index < -0.39 is 0 Å². The van der Waals surface area contributed by atoms with Crippen molar-refractivity contribution in [2.24, 2.45) is 11.8 Å². The Balaban J connectivity index is 1.42. The van der Waals surface area contributed by atoms with Crippen molar-refractivity contribution >= 4 is 11.8 Å². The van der Waals surface area contributed by atoms with Crippen molar-refractivity contribution in [3.63, 3.8) is 0 Å². The van der Waals surface area contributed by atoms with Crippen LogP contribution < -0.4 is 0 Å². The summed E-state index contributed by atoms with van der Waals surface area (Å²) in [6.45, 7) is 5.58. The number of ether oxygens (including phenoxy) is 2. The number of nitrogens with zero attached hydrogens (tertiary/aromatic N) is 3. The van der Waals surface area contributed by atoms with Crippen LogP contribution in [0.5, 0.6) is 0 Å². The van der Waals surface area contributed by atoms with Gasteiger partial charge in [-0.15, -0.1) is 0 Å². The van der Waals surface area contributed by atoms with Crippen LogP contribution in [0.4, 0.5) is 0 Å². The van der Waals surface area contributed by atoms with Gasteiger partial charge in [0.2, 0.25) is 5.91 Å². The van der Waals surface area contributed by atoms with Gasteiger partial charge in [-0.05, 0) is 76.5 Å². The number of hydrogen-bond donors (Lipinski definition) is 0. The van der Waals surface area contributed by atoms with Crippen LogP contribution in [0, 0.1) is 23.2 Å². The Labute approximate surface area is 192 Å². The first-order valence-electron chi connectivity index (χ1n) is 12.7. The molecule has 0 spiro atoms. The van der Waals surface area contributed by atoms with Crippen LogP contribution in [0.3, 0.4) is 0 Å². The highest BCUT2D eigenvalue weighted by atomic mass is 16.5. The minimum atomic E-state index is -0.298. The molecule has 0 aromatic heterocycles. The summed E-state index contributed by atoms with van der Waals surface area (Å²) in [5.41, 5.74) is 0. The largest absolute Gasteiger partial charge is 0.377 e. The summed E-state index contributed by atoms with van der Waals surface area (Å²) in [4.78, 5) is 30.0. The predicted molar refractivity (Wildman–Crippen MR) is 120 cm³/mol. The van der Waals surface area contributed by atoms with Crippen LogP contribution in [-0.2, 0) is 19.1 Å². The van der Waals surface area contributed by atoms with Crippen molar-refractivity contribution in [3.05, 3.63) is 0 Å². The van der Waals surface area contributed by atoms with Gasteiger partial charge in [0.1, 0.15) is 6.10 Å². The summed E-state index contributed by atoms with van der Waals surface area (Å²) in [6, 6.07) is 2.44. The standard InChI is InChI=1S/C25H39N3O4/c1-17-16-27(25(30)24-5-3-13-32-24)23-15-20(8-11-22(23)28(17)18(2)29)19-6-9-21(10-7-19)31-14-4-12-26/h17,19-24H,3-11,13-16H2,1-2H3/t17-,19?,20?,21?,22?,23?,24?/m0/s1. The minimum absolute atomic E-state index is 0.0525. The number of amides is 2. The number of nitriles is 1. The van der Waals surface area contributed by atoms with Crippen LogP contribution in [0.25, 0.3) is 0 Å². The van der Waals surface area contributed by atoms with Crippen LogP contribution in [0.1, 0.15) is 78.1 Å². The second-order valence-electron chi connectivity index (χ2n) is 10.3. The van der Waals surface area contributed by atoms with Crippen LogP contribution in [0.2, 0.25) is 0 Å². The summed E-state index contributed by atoms with van der Waals surface area (Å²) in [6.07, 6.45) is 9.77. The zero-order chi connectivity index (χ0) is 22.7. The number of carbonyl (C=O) groups is 2. The van der Waals surface area contributed by atoms with E-state index >= 15 is 0 Å². The molecule has 178 valence electrons. The van der Waals surface area contributed by atoms with Crippen molar-refractivity contribution in [2.45, 2.75) is 108 Å². The molecule has 0 radical (unpaired) electrons. The molecule has 2 aliphatic carbocycles. The Kier molecular flexibility index (Phi) is 7.73. The third kappa shape index (κ3) is 4.97. The first kappa shape index (κ1) is 23.5. The molecule has 7 nitrogen and oxygen atoms in total. The normalized spacial score (nSPS) is 37.6. The molecule has 2 heterocycles. The van der Waals surface area contributed by atoms with E-state index in [9.17, 15) is 9.59 Å². The Bertz CT molecular complexity index is 708. The topological polar surface area (TPSA) is 82.9 Å². The first-order valence-corrected chi connectivity index (χ1v) is 12.7. The van der Waals surface area contributed by atoms with E-state index in [0.29, 0.717) is 38.0 Å². The molecule has 2 amide bonds. The smallest absolute Gasteiger partial charge is 0.252 e. The fourth-order valence-corrected chi connectivity index (χ4v) is 6.84. The van der Waals surface area contributed by atoms with E-state index in [1.165, 1.54) is 0 Å². The maximum Gasteiger partial charge on any atom is 0.252 e. The quantitative estimate of drug-likeness (QED) is 0.607. The van der Waals surface area contributed by atoms with Crippen molar-refractivity contribution in [3.8, 4) is 6.07 Å². The second kappa shape index (κ2) is 10.5. The van der Waals surface area contributed by atoms with Crippen LogP contribution in [-0.4, -0.2) is 71.7 Å². The molecule has 32 heavy (non-hydrogen) atoms. The molecule has 4 fully saturated rings. The molecule has 4 unspecified atom stereocenters. The highest BCUT2D eigenvalue weighted by Crippen LogP contribution is 2.43. The third-order valence-corrected chi connectivity index (χ3v) is 8.32. The Morgan fingerprint density at radius 3 is 2.47 bits per heavy atom. The predicted octanol–water partition coefficient (Wildman–Crippen LogP) is 3.27. The number of piperazine rings is 1. The first-order chi connectivity index (χ1) is 15.5. The van der Waals surface area contributed by atoms with E-state index in [4.69, 9.17) is 14.7 Å². The van der Waals surface area contributed by atoms with E-state index in [2.05, 4.69) is 22.8 Å². The van der Waals surface area contributed by atoms with Gasteiger partial charge in [0, 0.05) is 26.1 Å². The molecule has 0 aromatic carbocycles. The molecule has 2 saturated heterocycles. The Morgan fingerprint density at radius 1 is 1.06 bits per heavy atom. The van der Waals surface area contributed by atoms with Gasteiger partial charge in [0.15, 0.2) is 0 Å². The summed E-state index contributed by atoms with van der Waals surface area (Å²) in [7, 11) is 0. The third-order valence-electron chi connectivity index (χ3n) is 8.32. The van der Waals surface area contributed by atoms with E-state index in [1.807, 2.05) is 0 Å². The van der Waals surface area contributed by atoms with Gasteiger partial charge in [-0.25, -0.2) is 0 Å². The van der Waals surface area contributed by atoms with Gasteiger partial charge in [-0.1, -0.05) is 0 Å². The van der Waals surface area contributed by atoms with Gasteiger partial charge < -0.3 is 19.3 Å². The Hall–Kier alpha value is -1.65. The monoisotopic (exact) mass is 445 g/mol. The summed E-state index contributed by atoms with van der Waals surface area (Å²) < 4.78 is 11.6. The van der Waals surface area contributed by atoms with E-state index in [-0.39, 0.29) is 42.1 Å². The number of hydrogen-bond acceptors (Lipinski definition) is 5. The van der Waals surface area contributed by atoms with Gasteiger partial charge in [0.05, 0.1) is 37.3 Å². The average Bonchev–Trinajstić information content (AvgIpc) is 3.33. The summed E-state index contributed by atoms with van der Waals surface area (Å²) in [5, 5.41) is 8.71. The van der Waals surface area contributed by atoms with Crippen molar-refractivity contribution in [1.29, 1.82) is 5.26 Å². The fourth-order valence-electron chi connectivity index (χ4n) is 6.84. The van der Waals surface area contributed by atoms with Gasteiger partial charge in [-0.2, -0.15) is 5.26 Å². The molecular weight excluding hydrogens is 406 g/mol. The molecule has 5 atom stereocenters. The number of fused-ring (bicyclic) bond motifs is 1.